The summed E-state index contributed by atoms with van der Waals surface area (Å²) in [4.78, 5) is 9.84. The van der Waals surface area contributed by atoms with Crippen molar-refractivity contribution in [1.29, 1.82) is 0 Å². The molecule has 1 N–H and O–H groups in total. The number of fused-ring (bicyclic) bond motifs is 3. The number of aryl methyl sites for hydroxylation is 1. The maximum Gasteiger partial charge on any atom is 0.256 e. The van der Waals surface area contributed by atoms with Crippen LogP contribution in [0.5, 0.6) is 0 Å². The van der Waals surface area contributed by atoms with E-state index in [9.17, 15) is 18.3 Å². The van der Waals surface area contributed by atoms with Crippen molar-refractivity contribution in [2.24, 2.45) is 7.05 Å². The number of hydrogen-bond donors (Lipinski definition) is 1. The first kappa shape index (κ1) is 21.5. The SMILES string of the molecule is Cn1nnc2nc(N(CC(F)F)c3ccnc(C#CC(C)(C)O)c3)c3cc(F)ccc3c21. The van der Waals surface area contributed by atoms with Crippen LogP contribution >= 0.6 is 0 Å². The van der Waals surface area contributed by atoms with Crippen LogP contribution in [0.4, 0.5) is 24.7 Å². The molecule has 0 saturated heterocycles. The Kier molecular flexibility index (Phi) is 5.44. The molecule has 7 nitrogen and oxygen atoms in total. The van der Waals surface area contributed by atoms with E-state index in [0.29, 0.717) is 22.0 Å². The van der Waals surface area contributed by atoms with E-state index >= 15 is 0 Å². The molecule has 0 fully saturated rings. The number of nitrogens with zero attached hydrogens (tertiary/aromatic N) is 6. The quantitative estimate of drug-likeness (QED) is 0.489. The Hall–Kier alpha value is -3.71. The highest BCUT2D eigenvalue weighted by molar-refractivity contribution is 6.08. The van der Waals surface area contributed by atoms with E-state index in [2.05, 4.69) is 32.1 Å². The predicted octanol–water partition coefficient (Wildman–Crippen LogP) is 3.58. The highest BCUT2D eigenvalue weighted by atomic mass is 19.3. The predicted molar refractivity (Wildman–Crippen MR) is 114 cm³/mol. The molecular weight excluding hydrogens is 421 g/mol. The number of anilines is 2. The highest BCUT2D eigenvalue weighted by Gasteiger charge is 2.22. The first-order valence-electron chi connectivity index (χ1n) is 9.68. The molecule has 0 aliphatic rings. The molecule has 4 aromatic rings. The molecule has 0 unspecified atom stereocenters. The maximum absolute atomic E-state index is 14.2. The van der Waals surface area contributed by atoms with Gasteiger partial charge in [0.2, 0.25) is 5.65 Å². The molecule has 4 rings (SSSR count). The molecule has 3 aromatic heterocycles. The van der Waals surface area contributed by atoms with Crippen LogP contribution in [0.2, 0.25) is 0 Å². The Morgan fingerprint density at radius 3 is 2.69 bits per heavy atom. The van der Waals surface area contributed by atoms with E-state index in [4.69, 9.17) is 0 Å². The molecule has 1 aromatic carbocycles. The summed E-state index contributed by atoms with van der Waals surface area (Å²) in [6, 6.07) is 7.13. The van der Waals surface area contributed by atoms with Gasteiger partial charge in [0.05, 0.1) is 6.54 Å². The molecule has 32 heavy (non-hydrogen) atoms. The van der Waals surface area contributed by atoms with Crippen molar-refractivity contribution >= 4 is 33.4 Å². The Balaban J connectivity index is 1.95. The molecule has 0 atom stereocenters. The standard InChI is InChI=1S/C22H19F3N6O/c1-22(2,32)8-6-14-11-15(7-9-26-14)31(12-18(24)25)21-17-10-13(23)4-5-16(17)19-20(27-21)28-29-30(19)3/h4-5,7,9-11,18,32H,12H2,1-3H3. The van der Waals surface area contributed by atoms with Crippen molar-refractivity contribution in [3.05, 3.63) is 48.0 Å². The van der Waals surface area contributed by atoms with Crippen molar-refractivity contribution < 1.29 is 18.3 Å². The first-order chi connectivity index (χ1) is 15.1. The van der Waals surface area contributed by atoms with Gasteiger partial charge in [-0.05, 0) is 50.1 Å². The minimum Gasteiger partial charge on any atom is -0.378 e. The van der Waals surface area contributed by atoms with Gasteiger partial charge in [-0.2, -0.15) is 0 Å². The fraction of sp³-hybridized carbons (Fsp3) is 0.273. The molecule has 164 valence electrons. The lowest BCUT2D eigenvalue weighted by atomic mass is 10.1. The third kappa shape index (κ3) is 4.33. The van der Waals surface area contributed by atoms with Crippen LogP contribution in [0.15, 0.2) is 36.5 Å². The van der Waals surface area contributed by atoms with Gasteiger partial charge in [0.25, 0.3) is 6.43 Å². The normalized spacial score (nSPS) is 11.8. The number of benzene rings is 1. The molecule has 10 heteroatoms. The maximum atomic E-state index is 14.2. The Labute approximate surface area is 181 Å². The molecular formula is C22H19F3N6O. The Bertz CT molecular complexity index is 1370. The summed E-state index contributed by atoms with van der Waals surface area (Å²) in [5, 5.41) is 18.7. The molecule has 0 bridgehead atoms. The van der Waals surface area contributed by atoms with Crippen LogP contribution in [0.3, 0.4) is 0 Å². The largest absolute Gasteiger partial charge is 0.378 e. The van der Waals surface area contributed by atoms with Crippen LogP contribution in [0.1, 0.15) is 19.5 Å². The second-order valence-electron chi connectivity index (χ2n) is 7.72. The zero-order valence-corrected chi connectivity index (χ0v) is 17.5. The van der Waals surface area contributed by atoms with Crippen LogP contribution in [-0.2, 0) is 7.05 Å². The minimum atomic E-state index is -2.71. The van der Waals surface area contributed by atoms with E-state index in [1.165, 1.54) is 53.9 Å². The van der Waals surface area contributed by atoms with Crippen molar-refractivity contribution in [3.63, 3.8) is 0 Å². The summed E-state index contributed by atoms with van der Waals surface area (Å²) in [5.41, 5.74) is 0.179. The van der Waals surface area contributed by atoms with E-state index in [1.807, 2.05) is 0 Å². The van der Waals surface area contributed by atoms with Crippen molar-refractivity contribution in [2.75, 3.05) is 11.4 Å². The third-order valence-electron chi connectivity index (χ3n) is 4.63. The molecule has 0 amide bonds. The van der Waals surface area contributed by atoms with E-state index < -0.39 is 24.4 Å². The van der Waals surface area contributed by atoms with Crippen molar-refractivity contribution in [3.8, 4) is 11.8 Å². The Morgan fingerprint density at radius 2 is 1.97 bits per heavy atom. The number of alkyl halides is 2. The number of halogens is 3. The molecule has 0 spiro atoms. The second kappa shape index (κ2) is 8.09. The van der Waals surface area contributed by atoms with Crippen LogP contribution < -0.4 is 4.90 Å². The lowest BCUT2D eigenvalue weighted by Gasteiger charge is -2.25. The lowest BCUT2D eigenvalue weighted by molar-refractivity contribution is 0.143. The zero-order valence-electron chi connectivity index (χ0n) is 17.5. The number of hydrogen-bond acceptors (Lipinski definition) is 6. The van der Waals surface area contributed by atoms with Crippen LogP contribution in [0, 0.1) is 17.7 Å². The number of aromatic nitrogens is 5. The number of pyridine rings is 2. The fourth-order valence-corrected chi connectivity index (χ4v) is 3.32. The highest BCUT2D eigenvalue weighted by Crippen LogP contribution is 2.35. The molecule has 3 heterocycles. The van der Waals surface area contributed by atoms with E-state index in [0.717, 1.165) is 0 Å². The Morgan fingerprint density at radius 1 is 1.19 bits per heavy atom. The topological polar surface area (TPSA) is 80.0 Å². The number of rotatable bonds is 4. The molecule has 0 saturated carbocycles. The van der Waals surface area contributed by atoms with Gasteiger partial charge in [-0.25, -0.2) is 27.8 Å². The first-order valence-corrected chi connectivity index (χ1v) is 9.68. The summed E-state index contributed by atoms with van der Waals surface area (Å²) < 4.78 is 42.9. The van der Waals surface area contributed by atoms with Crippen LogP contribution in [0.25, 0.3) is 21.9 Å². The van der Waals surface area contributed by atoms with Gasteiger partial charge in [0.15, 0.2) is 0 Å². The smallest absolute Gasteiger partial charge is 0.256 e. The zero-order chi connectivity index (χ0) is 23.0. The molecule has 0 aliphatic heterocycles. The lowest BCUT2D eigenvalue weighted by Crippen LogP contribution is -2.25. The van der Waals surface area contributed by atoms with Gasteiger partial charge in [-0.3, -0.25) is 0 Å². The van der Waals surface area contributed by atoms with Gasteiger partial charge < -0.3 is 10.0 Å². The van der Waals surface area contributed by atoms with Crippen molar-refractivity contribution in [1.82, 2.24) is 25.0 Å². The number of aliphatic hydroxyl groups is 1. The second-order valence-corrected chi connectivity index (χ2v) is 7.72. The van der Waals surface area contributed by atoms with Crippen LogP contribution in [-0.4, -0.2) is 48.6 Å². The van der Waals surface area contributed by atoms with Crippen molar-refractivity contribution in [2.45, 2.75) is 25.9 Å². The van der Waals surface area contributed by atoms with Gasteiger partial charge in [0, 0.05) is 29.7 Å². The van der Waals surface area contributed by atoms with Gasteiger partial charge in [-0.15, -0.1) is 5.10 Å². The van der Waals surface area contributed by atoms with E-state index in [-0.39, 0.29) is 17.2 Å². The molecule has 0 aliphatic carbocycles. The summed E-state index contributed by atoms with van der Waals surface area (Å²) in [7, 11) is 1.67. The van der Waals surface area contributed by atoms with Gasteiger partial charge >= 0.3 is 0 Å². The summed E-state index contributed by atoms with van der Waals surface area (Å²) in [6.07, 6.45) is -1.29. The fourth-order valence-electron chi connectivity index (χ4n) is 3.32. The van der Waals surface area contributed by atoms with E-state index in [1.54, 1.807) is 13.1 Å². The third-order valence-corrected chi connectivity index (χ3v) is 4.63. The summed E-state index contributed by atoms with van der Waals surface area (Å²) in [6.45, 7) is 2.34. The summed E-state index contributed by atoms with van der Waals surface area (Å²) in [5.74, 6) is 4.95. The minimum absolute atomic E-state index is 0.111. The average Bonchev–Trinajstić information content (AvgIpc) is 3.10. The monoisotopic (exact) mass is 440 g/mol. The van der Waals surface area contributed by atoms with Gasteiger partial charge in [0.1, 0.15) is 28.4 Å². The van der Waals surface area contributed by atoms with Gasteiger partial charge in [-0.1, -0.05) is 11.1 Å². The molecule has 0 radical (unpaired) electrons. The average molecular weight is 440 g/mol. The summed E-state index contributed by atoms with van der Waals surface area (Å²) >= 11 is 0.